The van der Waals surface area contributed by atoms with Gasteiger partial charge in [-0.15, -0.1) is 0 Å². The van der Waals surface area contributed by atoms with E-state index >= 15 is 0 Å². The quantitative estimate of drug-likeness (QED) is 0.820. The van der Waals surface area contributed by atoms with Gasteiger partial charge in [-0.1, -0.05) is 0 Å². The summed E-state index contributed by atoms with van der Waals surface area (Å²) in [5.74, 6) is 0.687. The molecule has 1 N–H and O–H groups in total. The second-order valence-corrected chi connectivity index (χ2v) is 6.56. The Balaban J connectivity index is 1.38. The Morgan fingerprint density at radius 3 is 2.60 bits per heavy atom. The molecular weight excluding hydrogens is 320 g/mol. The third kappa shape index (κ3) is 5.19. The van der Waals surface area contributed by atoms with E-state index in [1.165, 1.54) is 0 Å². The molecule has 0 aromatic heterocycles. The van der Waals surface area contributed by atoms with Gasteiger partial charge >= 0.3 is 0 Å². The zero-order chi connectivity index (χ0) is 17.5. The Hall–Kier alpha value is -2.08. The van der Waals surface area contributed by atoms with Gasteiger partial charge in [-0.2, -0.15) is 0 Å². The van der Waals surface area contributed by atoms with Gasteiger partial charge in [0.1, 0.15) is 12.4 Å². The Labute approximate surface area is 148 Å². The average molecular weight is 346 g/mol. The van der Waals surface area contributed by atoms with Crippen LogP contribution in [0.25, 0.3) is 0 Å². The number of amides is 2. The first-order valence-corrected chi connectivity index (χ1v) is 9.13. The highest BCUT2D eigenvalue weighted by molar-refractivity contribution is 5.94. The molecule has 2 heterocycles. The normalized spacial score (nSPS) is 19.8. The van der Waals surface area contributed by atoms with Gasteiger partial charge in [0, 0.05) is 38.2 Å². The Morgan fingerprint density at radius 2 is 1.92 bits per heavy atom. The van der Waals surface area contributed by atoms with E-state index in [1.54, 1.807) is 24.3 Å². The molecule has 136 valence electrons. The molecule has 0 saturated carbocycles. The van der Waals surface area contributed by atoms with Gasteiger partial charge < -0.3 is 19.7 Å². The zero-order valence-electron chi connectivity index (χ0n) is 14.5. The lowest BCUT2D eigenvalue weighted by atomic mass is 10.2. The minimum atomic E-state index is -0.167. The largest absolute Gasteiger partial charge is 0.491 e. The number of rotatable bonds is 7. The first kappa shape index (κ1) is 17.7. The van der Waals surface area contributed by atoms with E-state index in [9.17, 15) is 9.59 Å². The second kappa shape index (κ2) is 8.85. The maximum Gasteiger partial charge on any atom is 0.251 e. The number of nitrogens with one attached hydrogen (secondary N) is 1. The molecule has 1 unspecified atom stereocenters. The van der Waals surface area contributed by atoms with Crippen molar-refractivity contribution in [3.63, 3.8) is 0 Å². The number of ether oxygens (including phenoxy) is 2. The smallest absolute Gasteiger partial charge is 0.251 e. The number of benzene rings is 1. The molecule has 0 radical (unpaired) electrons. The lowest BCUT2D eigenvalue weighted by molar-refractivity contribution is -0.129. The molecule has 2 fully saturated rings. The van der Waals surface area contributed by atoms with E-state index in [2.05, 4.69) is 5.32 Å². The molecule has 1 aromatic carbocycles. The summed E-state index contributed by atoms with van der Waals surface area (Å²) in [7, 11) is 0. The number of likely N-dealkylation sites (tertiary alicyclic amines) is 1. The molecule has 0 aliphatic carbocycles. The summed E-state index contributed by atoms with van der Waals surface area (Å²) in [6.45, 7) is 3.42. The van der Waals surface area contributed by atoms with Gasteiger partial charge in [-0.05, 0) is 49.9 Å². The minimum Gasteiger partial charge on any atom is -0.491 e. The van der Waals surface area contributed by atoms with Gasteiger partial charge in [-0.3, -0.25) is 9.59 Å². The van der Waals surface area contributed by atoms with Crippen LogP contribution in [0.3, 0.4) is 0 Å². The lowest BCUT2D eigenvalue weighted by Crippen LogP contribution is -2.32. The molecule has 6 heteroatoms. The van der Waals surface area contributed by atoms with Crippen LogP contribution in [-0.4, -0.2) is 55.7 Å². The van der Waals surface area contributed by atoms with Crippen LogP contribution in [0.5, 0.6) is 5.75 Å². The monoisotopic (exact) mass is 346 g/mol. The predicted molar refractivity (Wildman–Crippen MR) is 93.7 cm³/mol. The van der Waals surface area contributed by atoms with E-state index < -0.39 is 0 Å². The fraction of sp³-hybridized carbons (Fsp3) is 0.579. The van der Waals surface area contributed by atoms with E-state index in [0.29, 0.717) is 25.1 Å². The van der Waals surface area contributed by atoms with Crippen LogP contribution in [0.4, 0.5) is 0 Å². The Morgan fingerprint density at radius 1 is 1.16 bits per heavy atom. The van der Waals surface area contributed by atoms with Crippen LogP contribution >= 0.6 is 0 Å². The number of nitrogens with zero attached hydrogens (tertiary/aromatic N) is 1. The van der Waals surface area contributed by atoms with Crippen LogP contribution in [-0.2, 0) is 9.53 Å². The topological polar surface area (TPSA) is 67.9 Å². The van der Waals surface area contributed by atoms with Crippen molar-refractivity contribution in [2.75, 3.05) is 32.8 Å². The molecule has 6 nitrogen and oxygen atoms in total. The number of carbonyl (C=O) groups is 2. The fourth-order valence-electron chi connectivity index (χ4n) is 3.18. The first-order valence-electron chi connectivity index (χ1n) is 9.13. The van der Waals surface area contributed by atoms with Crippen LogP contribution in [0.15, 0.2) is 24.3 Å². The van der Waals surface area contributed by atoms with Crippen molar-refractivity contribution in [2.24, 2.45) is 0 Å². The molecule has 3 rings (SSSR count). The predicted octanol–water partition coefficient (Wildman–Crippen LogP) is 1.99. The maximum atomic E-state index is 12.1. The molecule has 2 amide bonds. The van der Waals surface area contributed by atoms with Crippen molar-refractivity contribution < 1.29 is 19.1 Å². The summed E-state index contributed by atoms with van der Waals surface area (Å²) >= 11 is 0. The molecule has 0 spiro atoms. The highest BCUT2D eigenvalue weighted by Crippen LogP contribution is 2.16. The molecule has 1 atom stereocenters. The van der Waals surface area contributed by atoms with Crippen molar-refractivity contribution in [3.8, 4) is 5.75 Å². The van der Waals surface area contributed by atoms with Gasteiger partial charge in [0.25, 0.3) is 5.91 Å². The average Bonchev–Trinajstić information content (AvgIpc) is 3.34. The molecule has 2 aliphatic rings. The second-order valence-electron chi connectivity index (χ2n) is 6.56. The van der Waals surface area contributed by atoms with E-state index in [4.69, 9.17) is 9.47 Å². The summed E-state index contributed by atoms with van der Waals surface area (Å²) in [6, 6.07) is 7.06. The number of hydrogen-bond acceptors (Lipinski definition) is 4. The van der Waals surface area contributed by atoms with Gasteiger partial charge in [0.15, 0.2) is 0 Å². The lowest BCUT2D eigenvalue weighted by Gasteiger charge is -2.15. The van der Waals surface area contributed by atoms with Crippen molar-refractivity contribution in [1.29, 1.82) is 0 Å². The van der Waals surface area contributed by atoms with E-state index in [-0.39, 0.29) is 17.9 Å². The van der Waals surface area contributed by atoms with Gasteiger partial charge in [-0.25, -0.2) is 0 Å². The highest BCUT2D eigenvalue weighted by atomic mass is 16.5. The first-order chi connectivity index (χ1) is 12.2. The van der Waals surface area contributed by atoms with Crippen LogP contribution in [0, 0.1) is 0 Å². The molecule has 0 bridgehead atoms. The summed E-state index contributed by atoms with van der Waals surface area (Å²) < 4.78 is 11.2. The third-order valence-corrected chi connectivity index (χ3v) is 4.66. The number of carbonyl (C=O) groups excluding carboxylic acids is 2. The van der Waals surface area contributed by atoms with E-state index in [1.807, 2.05) is 4.90 Å². The van der Waals surface area contributed by atoms with Crippen molar-refractivity contribution >= 4 is 11.8 Å². The Kier molecular flexibility index (Phi) is 6.28. The van der Waals surface area contributed by atoms with Crippen LogP contribution in [0.2, 0.25) is 0 Å². The number of hydrogen-bond donors (Lipinski definition) is 1. The van der Waals surface area contributed by atoms with Crippen molar-refractivity contribution in [3.05, 3.63) is 29.8 Å². The van der Waals surface area contributed by atoms with E-state index in [0.717, 1.165) is 51.1 Å². The zero-order valence-corrected chi connectivity index (χ0v) is 14.5. The van der Waals surface area contributed by atoms with Crippen LogP contribution < -0.4 is 10.1 Å². The molecule has 2 aliphatic heterocycles. The SMILES string of the molecule is O=C(NCCC(=O)N1CCCC1)c1ccc(OCC2CCCO2)cc1. The minimum absolute atomic E-state index is 0.121. The highest BCUT2D eigenvalue weighted by Gasteiger charge is 2.18. The molecule has 25 heavy (non-hydrogen) atoms. The summed E-state index contributed by atoms with van der Waals surface area (Å²) in [4.78, 5) is 25.9. The summed E-state index contributed by atoms with van der Waals surface area (Å²) in [6.07, 6.45) is 4.83. The molecule has 1 aromatic rings. The summed E-state index contributed by atoms with van der Waals surface area (Å²) in [5.41, 5.74) is 0.568. The summed E-state index contributed by atoms with van der Waals surface area (Å²) in [5, 5.41) is 2.80. The maximum absolute atomic E-state index is 12.1. The van der Waals surface area contributed by atoms with Crippen molar-refractivity contribution in [1.82, 2.24) is 10.2 Å². The van der Waals surface area contributed by atoms with Crippen molar-refractivity contribution in [2.45, 2.75) is 38.2 Å². The van der Waals surface area contributed by atoms with Crippen LogP contribution in [0.1, 0.15) is 42.5 Å². The van der Waals surface area contributed by atoms with Gasteiger partial charge in [0.2, 0.25) is 5.91 Å². The van der Waals surface area contributed by atoms with Gasteiger partial charge in [0.05, 0.1) is 6.10 Å². The fourth-order valence-corrected chi connectivity index (χ4v) is 3.18. The molecular formula is C19H26N2O4. The molecule has 2 saturated heterocycles. The third-order valence-electron chi connectivity index (χ3n) is 4.66. The standard InChI is InChI=1S/C19H26N2O4/c22-18(21-11-1-2-12-21)9-10-20-19(23)15-5-7-16(8-6-15)25-14-17-4-3-13-24-17/h5-8,17H,1-4,9-14H2,(H,20,23). The Bertz CT molecular complexity index is 576.